The first-order chi connectivity index (χ1) is 15.5. The summed E-state index contributed by atoms with van der Waals surface area (Å²) in [7, 11) is 8.25. The van der Waals surface area contributed by atoms with Gasteiger partial charge in [0.1, 0.15) is 8.24 Å². The van der Waals surface area contributed by atoms with Crippen molar-refractivity contribution < 1.29 is 17.0 Å². The SMILES string of the molecule is CC1CC2C(c3cccc4ccccc34)=CC=CC2C1[Si](C)(C)N1CC[N-]CC1.[CH3-].[Cl][Ti][Cl]. The van der Waals surface area contributed by atoms with Gasteiger partial charge in [0.15, 0.2) is 0 Å². The summed E-state index contributed by atoms with van der Waals surface area (Å²) in [6.45, 7) is 12.2. The van der Waals surface area contributed by atoms with E-state index in [1.165, 1.54) is 35.8 Å². The minimum atomic E-state index is -1.53. The number of piperazine rings is 1. The van der Waals surface area contributed by atoms with Crippen LogP contribution in [0.25, 0.3) is 21.7 Å². The molecule has 2 aromatic carbocycles. The zero-order chi connectivity index (χ0) is 22.7. The molecule has 6 heteroatoms. The van der Waals surface area contributed by atoms with Crippen LogP contribution < -0.4 is 0 Å². The topological polar surface area (TPSA) is 17.3 Å². The van der Waals surface area contributed by atoms with Crippen LogP contribution in [0.15, 0.2) is 60.7 Å². The van der Waals surface area contributed by atoms with Crippen molar-refractivity contribution in [2.45, 2.75) is 32.0 Å². The molecule has 0 amide bonds. The summed E-state index contributed by atoms with van der Waals surface area (Å²) >= 11 is -0.556. The second-order valence-electron chi connectivity index (χ2n) is 9.84. The maximum absolute atomic E-state index is 4.89. The predicted molar refractivity (Wildman–Crippen MR) is 146 cm³/mol. The molecule has 33 heavy (non-hydrogen) atoms. The van der Waals surface area contributed by atoms with Crippen LogP contribution in [-0.2, 0) is 17.0 Å². The number of rotatable bonds is 3. The Hall–Kier alpha value is -0.389. The summed E-state index contributed by atoms with van der Waals surface area (Å²) in [6, 6.07) is 15.7. The Morgan fingerprint density at radius 3 is 2.42 bits per heavy atom. The molecule has 5 rings (SSSR count). The van der Waals surface area contributed by atoms with Crippen molar-refractivity contribution in [3.8, 4) is 0 Å². The molecule has 4 unspecified atom stereocenters. The molecule has 1 heterocycles. The average Bonchev–Trinajstić information content (AvgIpc) is 3.16. The van der Waals surface area contributed by atoms with Gasteiger partial charge in [-0.25, -0.2) is 0 Å². The van der Waals surface area contributed by atoms with Gasteiger partial charge in [-0.2, -0.15) is 0 Å². The molecular weight excluding hydrogens is 499 g/mol. The van der Waals surface area contributed by atoms with Crippen molar-refractivity contribution in [3.63, 3.8) is 0 Å². The Balaban J connectivity index is 0.000000728. The first-order valence-electron chi connectivity index (χ1n) is 11.7. The Kier molecular flexibility index (Phi) is 9.92. The van der Waals surface area contributed by atoms with E-state index in [1.54, 1.807) is 5.57 Å². The fraction of sp³-hybridized carbons (Fsp3) is 0.444. The Morgan fingerprint density at radius 2 is 1.70 bits per heavy atom. The third kappa shape index (κ3) is 5.56. The van der Waals surface area contributed by atoms with Crippen molar-refractivity contribution >= 4 is 43.2 Å². The molecule has 1 saturated heterocycles. The van der Waals surface area contributed by atoms with E-state index in [9.17, 15) is 0 Å². The first kappa shape index (κ1) is 27.2. The molecule has 2 fully saturated rings. The normalized spacial score (nSPS) is 27.1. The van der Waals surface area contributed by atoms with Gasteiger partial charge < -0.3 is 17.3 Å². The number of benzene rings is 2. The van der Waals surface area contributed by atoms with E-state index in [0.717, 1.165) is 24.5 Å². The van der Waals surface area contributed by atoms with Gasteiger partial charge in [-0.15, -0.1) is 13.1 Å². The summed E-state index contributed by atoms with van der Waals surface area (Å²) in [6.07, 6.45) is 8.64. The van der Waals surface area contributed by atoms with E-state index in [-0.39, 0.29) is 7.43 Å². The van der Waals surface area contributed by atoms with Crippen LogP contribution in [0.2, 0.25) is 18.6 Å². The molecule has 178 valence electrons. The van der Waals surface area contributed by atoms with Gasteiger partial charge in [-0.1, -0.05) is 80.7 Å². The second-order valence-corrected chi connectivity index (χ2v) is 17.0. The molecule has 1 aliphatic heterocycles. The fourth-order valence-corrected chi connectivity index (χ4v) is 11.2. The van der Waals surface area contributed by atoms with E-state index in [4.69, 9.17) is 18.6 Å². The van der Waals surface area contributed by atoms with Gasteiger partial charge in [-0.3, -0.25) is 0 Å². The quantitative estimate of drug-likeness (QED) is 0.286. The van der Waals surface area contributed by atoms with Crippen LogP contribution in [0.1, 0.15) is 18.9 Å². The van der Waals surface area contributed by atoms with Crippen LogP contribution in [-0.4, -0.2) is 39.0 Å². The van der Waals surface area contributed by atoms with E-state index < -0.39 is 25.3 Å². The molecule has 0 N–H and O–H groups in total. The molecule has 0 bridgehead atoms. The predicted octanol–water partition coefficient (Wildman–Crippen LogP) is 8.16. The van der Waals surface area contributed by atoms with E-state index >= 15 is 0 Å². The zero-order valence-electron chi connectivity index (χ0n) is 20.3. The van der Waals surface area contributed by atoms with Crippen molar-refractivity contribution in [2.75, 3.05) is 26.2 Å². The summed E-state index contributed by atoms with van der Waals surface area (Å²) in [5.74, 6) is 2.13. The first-order valence-corrected chi connectivity index (χ1v) is 19.0. The Morgan fingerprint density at radius 1 is 1.03 bits per heavy atom. The number of halogens is 2. The number of hydrogen-bond acceptors (Lipinski definition) is 1. The Labute approximate surface area is 218 Å². The number of hydrogen-bond donors (Lipinski definition) is 0. The zero-order valence-corrected chi connectivity index (χ0v) is 24.3. The molecule has 2 aliphatic carbocycles. The maximum atomic E-state index is 4.89. The number of nitrogens with zero attached hydrogens (tertiary/aromatic N) is 2. The summed E-state index contributed by atoms with van der Waals surface area (Å²) in [5.41, 5.74) is 3.84. The third-order valence-electron chi connectivity index (χ3n) is 7.91. The molecule has 3 aliphatic rings. The molecule has 0 spiro atoms. The molecule has 2 aromatic rings. The molecule has 2 nitrogen and oxygen atoms in total. The van der Waals surface area contributed by atoms with Crippen molar-refractivity contribution in [1.29, 1.82) is 0 Å². The molecule has 1 saturated carbocycles. The van der Waals surface area contributed by atoms with Gasteiger partial charge in [0.2, 0.25) is 0 Å². The molecule has 0 aromatic heterocycles. The van der Waals surface area contributed by atoms with Crippen molar-refractivity contribution in [1.82, 2.24) is 4.57 Å². The molecular formula is C27H36Cl2N2SiTi-2. The van der Waals surface area contributed by atoms with Crippen molar-refractivity contribution in [2.24, 2.45) is 17.8 Å². The number of fused-ring (bicyclic) bond motifs is 2. The second kappa shape index (κ2) is 12.0. The monoisotopic (exact) mass is 534 g/mol. The summed E-state index contributed by atoms with van der Waals surface area (Å²) in [4.78, 5) is 0. The number of allylic oxidation sites excluding steroid dienone is 4. The van der Waals surface area contributed by atoms with E-state index in [2.05, 4.69) is 90.6 Å². The summed E-state index contributed by atoms with van der Waals surface area (Å²) < 4.78 is 2.85. The van der Waals surface area contributed by atoms with E-state index in [1.807, 2.05) is 0 Å². The molecule has 4 atom stereocenters. The van der Waals surface area contributed by atoms with Crippen LogP contribution in [0.5, 0.6) is 0 Å². The van der Waals surface area contributed by atoms with Crippen LogP contribution in [0.3, 0.4) is 0 Å². The third-order valence-corrected chi connectivity index (χ3v) is 12.6. The van der Waals surface area contributed by atoms with Gasteiger partial charge in [-0.05, 0) is 64.7 Å². The minimum absolute atomic E-state index is 0. The fourth-order valence-electron chi connectivity index (χ4n) is 6.66. The Bertz CT molecular complexity index is 982. The van der Waals surface area contributed by atoms with Gasteiger partial charge in [0.25, 0.3) is 0 Å². The van der Waals surface area contributed by atoms with Gasteiger partial charge in [0.05, 0.1) is 0 Å². The standard InChI is InChI=1S/C26H33N2Si.CH3.2ClH.Ti/c1-19-18-25-23(22-11-6-9-20-8-4-5-10-21(20)22)12-7-13-24(25)26(19)29(2,3)28-16-14-27-15-17-28;;;;/h4-13,19,24-26H,14-18H2,1-3H3;1H3;2*1H;/q2*-1;;;+2/p-2. The van der Waals surface area contributed by atoms with E-state index in [0.29, 0.717) is 11.8 Å². The van der Waals surface area contributed by atoms with Crippen molar-refractivity contribution in [3.05, 3.63) is 79.0 Å². The average molecular weight is 535 g/mol. The van der Waals surface area contributed by atoms with Crippen LogP contribution in [0, 0.1) is 25.2 Å². The van der Waals surface area contributed by atoms with Gasteiger partial charge >= 0.3 is 35.6 Å². The summed E-state index contributed by atoms with van der Waals surface area (Å²) in [5, 5.41) is 7.36. The molecule has 0 radical (unpaired) electrons. The van der Waals surface area contributed by atoms with Crippen LogP contribution >= 0.6 is 18.6 Å². The van der Waals surface area contributed by atoms with Gasteiger partial charge in [0, 0.05) is 0 Å². The van der Waals surface area contributed by atoms with Crippen LogP contribution in [0.4, 0.5) is 0 Å².